The molecule has 1 aromatic heterocycles. The van der Waals surface area contributed by atoms with Crippen LogP contribution in [-0.2, 0) is 17.7 Å². The minimum Gasteiger partial charge on any atom is -0.380 e. The van der Waals surface area contributed by atoms with Crippen LogP contribution < -0.4 is 5.32 Å². The summed E-state index contributed by atoms with van der Waals surface area (Å²) in [6.07, 6.45) is 8.42. The van der Waals surface area contributed by atoms with Gasteiger partial charge in [0.05, 0.1) is 6.61 Å². The topological polar surface area (TPSA) is 26.2 Å². The number of hydrogen-bond donors (Lipinski definition) is 1. The minimum atomic E-state index is 0.567. The van der Waals surface area contributed by atoms with Crippen molar-refractivity contribution in [3.8, 4) is 0 Å². The Balaban J connectivity index is 2.02. The van der Waals surface area contributed by atoms with Gasteiger partial charge in [-0.3, -0.25) is 0 Å². The highest BCUT2D eigenvalue weighted by molar-refractivity contribution is 5.30. The fourth-order valence-electron chi connectivity index (χ4n) is 2.65. The Morgan fingerprint density at radius 3 is 3.06 bits per heavy atom. The molecule has 1 atom stereocenters. The number of nitrogens with one attached hydrogen (secondary N) is 1. The Morgan fingerprint density at radius 2 is 2.29 bits per heavy atom. The average Bonchev–Trinajstić information content (AvgIpc) is 2.74. The quantitative estimate of drug-likeness (QED) is 0.768. The molecule has 0 fully saturated rings. The van der Waals surface area contributed by atoms with E-state index in [1.54, 1.807) is 0 Å². The summed E-state index contributed by atoms with van der Waals surface area (Å²) < 4.78 is 7.70. The molecule has 0 bridgehead atoms. The fraction of sp³-hybridized carbons (Fsp3) is 0.714. The molecule has 0 saturated carbocycles. The second-order valence-electron chi connectivity index (χ2n) is 4.68. The van der Waals surface area contributed by atoms with Crippen LogP contribution in [0.15, 0.2) is 12.4 Å². The van der Waals surface area contributed by atoms with Gasteiger partial charge >= 0.3 is 0 Å². The number of nitrogens with zero attached hydrogens (tertiary/aromatic N) is 1. The predicted molar refractivity (Wildman–Crippen MR) is 70.3 cm³/mol. The number of hydrogen-bond acceptors (Lipinski definition) is 2. The molecule has 3 heteroatoms. The lowest BCUT2D eigenvalue weighted by Gasteiger charge is -2.22. The summed E-state index contributed by atoms with van der Waals surface area (Å²) in [7, 11) is 0. The first-order valence-electron chi connectivity index (χ1n) is 6.84. The maximum absolute atomic E-state index is 5.41. The van der Waals surface area contributed by atoms with E-state index in [4.69, 9.17) is 4.74 Å². The molecule has 17 heavy (non-hydrogen) atoms. The Morgan fingerprint density at radius 1 is 1.41 bits per heavy atom. The van der Waals surface area contributed by atoms with Crippen molar-refractivity contribution in [1.82, 2.24) is 9.88 Å². The summed E-state index contributed by atoms with van der Waals surface area (Å²) in [5, 5.41) is 3.58. The molecular weight excluding hydrogens is 212 g/mol. The first-order chi connectivity index (χ1) is 8.35. The summed E-state index contributed by atoms with van der Waals surface area (Å²) in [6.45, 7) is 7.87. The lowest BCUT2D eigenvalue weighted by molar-refractivity contribution is 0.139. The highest BCUT2D eigenvalue weighted by Gasteiger charge is 2.20. The molecule has 3 nitrogen and oxygen atoms in total. The second kappa shape index (κ2) is 6.22. The molecule has 1 N–H and O–H groups in total. The van der Waals surface area contributed by atoms with Gasteiger partial charge in [-0.25, -0.2) is 0 Å². The monoisotopic (exact) mass is 236 g/mol. The van der Waals surface area contributed by atoms with Gasteiger partial charge in [-0.2, -0.15) is 0 Å². The molecule has 1 unspecified atom stereocenters. The summed E-state index contributed by atoms with van der Waals surface area (Å²) in [5.74, 6) is 0. The molecule has 1 aliphatic carbocycles. The molecule has 0 saturated heterocycles. The Bertz CT molecular complexity index is 346. The van der Waals surface area contributed by atoms with Crippen LogP contribution >= 0.6 is 0 Å². The van der Waals surface area contributed by atoms with Crippen molar-refractivity contribution in [3.05, 3.63) is 23.5 Å². The summed E-state index contributed by atoms with van der Waals surface area (Å²) in [5.41, 5.74) is 3.04. The highest BCUT2D eigenvalue weighted by Crippen LogP contribution is 2.30. The van der Waals surface area contributed by atoms with Gasteiger partial charge in [-0.1, -0.05) is 6.92 Å². The molecule has 0 aromatic carbocycles. The van der Waals surface area contributed by atoms with Crippen LogP contribution in [0.2, 0.25) is 0 Å². The maximum atomic E-state index is 5.41. The third kappa shape index (κ3) is 3.11. The van der Waals surface area contributed by atoms with E-state index in [9.17, 15) is 0 Å². The van der Waals surface area contributed by atoms with Crippen LogP contribution in [0.3, 0.4) is 0 Å². The number of ether oxygens (including phenoxy) is 1. The Labute approximate surface area is 104 Å². The molecule has 1 heterocycles. The number of aryl methyl sites for hydroxylation is 1. The summed E-state index contributed by atoms with van der Waals surface area (Å²) in [4.78, 5) is 0. The van der Waals surface area contributed by atoms with Crippen molar-refractivity contribution in [2.75, 3.05) is 19.8 Å². The molecule has 1 aliphatic rings. The van der Waals surface area contributed by atoms with Gasteiger partial charge in [0, 0.05) is 31.6 Å². The highest BCUT2D eigenvalue weighted by atomic mass is 16.5. The molecule has 96 valence electrons. The summed E-state index contributed by atoms with van der Waals surface area (Å²) >= 11 is 0. The van der Waals surface area contributed by atoms with Gasteiger partial charge in [0.25, 0.3) is 0 Å². The third-order valence-electron chi connectivity index (χ3n) is 3.46. The van der Waals surface area contributed by atoms with Crippen LogP contribution in [0.25, 0.3) is 0 Å². The van der Waals surface area contributed by atoms with Gasteiger partial charge in [0.2, 0.25) is 0 Å². The van der Waals surface area contributed by atoms with E-state index in [2.05, 4.69) is 29.2 Å². The van der Waals surface area contributed by atoms with Crippen molar-refractivity contribution < 1.29 is 4.74 Å². The van der Waals surface area contributed by atoms with E-state index < -0.39 is 0 Å². The zero-order valence-electron chi connectivity index (χ0n) is 11.0. The normalized spacial score (nSPS) is 19.3. The molecule has 1 aromatic rings. The van der Waals surface area contributed by atoms with Gasteiger partial charge in [0.1, 0.15) is 0 Å². The van der Waals surface area contributed by atoms with Gasteiger partial charge < -0.3 is 14.6 Å². The van der Waals surface area contributed by atoms with Gasteiger partial charge in [-0.05, 0) is 43.9 Å². The Hall–Kier alpha value is -0.800. The number of aromatic nitrogens is 1. The maximum Gasteiger partial charge on any atom is 0.0645 e. The van der Waals surface area contributed by atoms with Crippen LogP contribution in [0.4, 0.5) is 0 Å². The smallest absolute Gasteiger partial charge is 0.0645 e. The Kier molecular flexibility index (Phi) is 4.63. The molecule has 0 amide bonds. The lowest BCUT2D eigenvalue weighted by atomic mass is 9.91. The van der Waals surface area contributed by atoms with Gasteiger partial charge in [-0.15, -0.1) is 0 Å². The van der Waals surface area contributed by atoms with Crippen molar-refractivity contribution in [1.29, 1.82) is 0 Å². The van der Waals surface area contributed by atoms with Crippen LogP contribution in [0.5, 0.6) is 0 Å². The predicted octanol–water partition coefficient (Wildman–Crippen LogP) is 2.51. The molecule has 0 radical (unpaired) electrons. The minimum absolute atomic E-state index is 0.567. The zero-order valence-corrected chi connectivity index (χ0v) is 11.0. The molecule has 0 aliphatic heterocycles. The first-order valence-corrected chi connectivity index (χ1v) is 6.84. The van der Waals surface area contributed by atoms with E-state index >= 15 is 0 Å². The van der Waals surface area contributed by atoms with Crippen molar-refractivity contribution in [2.24, 2.45) is 0 Å². The zero-order chi connectivity index (χ0) is 12.1. The van der Waals surface area contributed by atoms with E-state index in [1.807, 2.05) is 6.92 Å². The van der Waals surface area contributed by atoms with Crippen LogP contribution in [0, 0.1) is 0 Å². The van der Waals surface area contributed by atoms with Crippen molar-refractivity contribution in [2.45, 2.75) is 45.7 Å². The summed E-state index contributed by atoms with van der Waals surface area (Å²) in [6, 6.07) is 0.567. The second-order valence-corrected chi connectivity index (χ2v) is 4.68. The fourth-order valence-corrected chi connectivity index (χ4v) is 2.65. The van der Waals surface area contributed by atoms with Gasteiger partial charge in [0.15, 0.2) is 0 Å². The number of rotatable bonds is 6. The van der Waals surface area contributed by atoms with E-state index in [0.29, 0.717) is 6.04 Å². The molecule has 2 rings (SSSR count). The lowest BCUT2D eigenvalue weighted by Crippen LogP contribution is -2.23. The largest absolute Gasteiger partial charge is 0.380 e. The standard InChI is InChI=1S/C14H24N2O/c1-3-15-14-7-5-6-12-10-16(11-13(12)14)8-9-17-4-2/h10-11,14-15H,3-9H2,1-2H3. The van der Waals surface area contributed by atoms with Crippen molar-refractivity contribution in [3.63, 3.8) is 0 Å². The number of fused-ring (bicyclic) bond motifs is 1. The van der Waals surface area contributed by atoms with Crippen LogP contribution in [0.1, 0.15) is 43.9 Å². The van der Waals surface area contributed by atoms with Crippen molar-refractivity contribution >= 4 is 0 Å². The van der Waals surface area contributed by atoms with E-state index in [0.717, 1.165) is 26.3 Å². The van der Waals surface area contributed by atoms with E-state index in [1.165, 1.54) is 30.4 Å². The average molecular weight is 236 g/mol. The third-order valence-corrected chi connectivity index (χ3v) is 3.46. The van der Waals surface area contributed by atoms with Crippen LogP contribution in [-0.4, -0.2) is 24.3 Å². The SMILES string of the molecule is CCNC1CCCc2cn(CCOCC)cc21. The molecule has 0 spiro atoms. The first kappa shape index (κ1) is 12.7. The van der Waals surface area contributed by atoms with E-state index in [-0.39, 0.29) is 0 Å². The molecular formula is C14H24N2O.